The predicted molar refractivity (Wildman–Crippen MR) is 116 cm³/mol. The number of benzene rings is 1. The van der Waals surface area contributed by atoms with E-state index in [1.54, 1.807) is 0 Å². The molecule has 0 atom stereocenters. The summed E-state index contributed by atoms with van der Waals surface area (Å²) in [5.74, 6) is 0.484. The SMILES string of the molecule is COc1ccc(S(=O)(=O)NCCC(=O)Nc2nc3c(s2)CCCCCC3)cc1OC. The molecule has 164 valence electrons. The Balaban J connectivity index is 1.54. The number of sulfonamides is 1. The Morgan fingerprint density at radius 3 is 2.57 bits per heavy atom. The van der Waals surface area contributed by atoms with Crippen LogP contribution in [0.2, 0.25) is 0 Å². The number of ether oxygens (including phenoxy) is 2. The van der Waals surface area contributed by atoms with E-state index in [1.165, 1.54) is 61.5 Å². The number of rotatable bonds is 8. The van der Waals surface area contributed by atoms with Crippen molar-refractivity contribution in [1.29, 1.82) is 0 Å². The molecule has 0 spiro atoms. The Kier molecular flexibility index (Phi) is 7.68. The molecule has 1 heterocycles. The normalized spacial score (nSPS) is 14.3. The number of amides is 1. The molecule has 1 amide bonds. The number of aryl methyl sites for hydroxylation is 2. The molecule has 0 aliphatic heterocycles. The zero-order chi connectivity index (χ0) is 21.6. The number of aromatic nitrogens is 1. The Morgan fingerprint density at radius 1 is 1.10 bits per heavy atom. The highest BCUT2D eigenvalue weighted by Crippen LogP contribution is 2.30. The highest BCUT2D eigenvalue weighted by molar-refractivity contribution is 7.89. The van der Waals surface area contributed by atoms with Crippen LogP contribution in [0.3, 0.4) is 0 Å². The van der Waals surface area contributed by atoms with E-state index in [1.807, 2.05) is 0 Å². The van der Waals surface area contributed by atoms with Crippen LogP contribution in [0.5, 0.6) is 11.5 Å². The fourth-order valence-electron chi connectivity index (χ4n) is 3.31. The van der Waals surface area contributed by atoms with Gasteiger partial charge in [-0.3, -0.25) is 4.79 Å². The van der Waals surface area contributed by atoms with Gasteiger partial charge in [0.2, 0.25) is 15.9 Å². The molecule has 2 aromatic rings. The summed E-state index contributed by atoms with van der Waals surface area (Å²) in [6, 6.07) is 4.33. The number of nitrogens with zero attached hydrogens (tertiary/aromatic N) is 1. The van der Waals surface area contributed by atoms with E-state index in [0.29, 0.717) is 16.6 Å². The fraction of sp³-hybridized carbons (Fsp3) is 0.500. The van der Waals surface area contributed by atoms with E-state index in [-0.39, 0.29) is 23.8 Å². The van der Waals surface area contributed by atoms with Crippen LogP contribution in [-0.2, 0) is 27.7 Å². The maximum atomic E-state index is 12.5. The number of methoxy groups -OCH3 is 2. The summed E-state index contributed by atoms with van der Waals surface area (Å²) >= 11 is 1.52. The zero-order valence-electron chi connectivity index (χ0n) is 17.2. The molecule has 10 heteroatoms. The van der Waals surface area contributed by atoms with Crippen molar-refractivity contribution in [3.05, 3.63) is 28.8 Å². The molecule has 1 aliphatic carbocycles. The second kappa shape index (κ2) is 10.2. The number of nitrogens with one attached hydrogen (secondary N) is 2. The maximum Gasteiger partial charge on any atom is 0.240 e. The lowest BCUT2D eigenvalue weighted by Gasteiger charge is -2.11. The van der Waals surface area contributed by atoms with Crippen molar-refractivity contribution >= 4 is 32.4 Å². The maximum absolute atomic E-state index is 12.5. The molecule has 0 bridgehead atoms. The minimum Gasteiger partial charge on any atom is -0.493 e. The van der Waals surface area contributed by atoms with Crippen LogP contribution >= 0.6 is 11.3 Å². The third-order valence-electron chi connectivity index (χ3n) is 4.90. The Labute approximate surface area is 181 Å². The molecule has 3 rings (SSSR count). The van der Waals surface area contributed by atoms with E-state index in [0.717, 1.165) is 31.4 Å². The van der Waals surface area contributed by atoms with Crippen LogP contribution in [0, 0.1) is 0 Å². The van der Waals surface area contributed by atoms with Gasteiger partial charge < -0.3 is 14.8 Å². The number of anilines is 1. The van der Waals surface area contributed by atoms with E-state index in [9.17, 15) is 13.2 Å². The first kappa shape index (κ1) is 22.5. The molecule has 0 fully saturated rings. The topological polar surface area (TPSA) is 107 Å². The van der Waals surface area contributed by atoms with E-state index >= 15 is 0 Å². The second-order valence-corrected chi connectivity index (χ2v) is 9.87. The molecule has 30 heavy (non-hydrogen) atoms. The van der Waals surface area contributed by atoms with Gasteiger partial charge in [-0.25, -0.2) is 18.1 Å². The number of carbonyl (C=O) groups excluding carboxylic acids is 1. The van der Waals surface area contributed by atoms with Crippen molar-refractivity contribution in [2.45, 2.75) is 49.8 Å². The molecule has 0 saturated heterocycles. The second-order valence-electron chi connectivity index (χ2n) is 7.02. The molecular weight excluding hydrogens is 426 g/mol. The van der Waals surface area contributed by atoms with Gasteiger partial charge in [-0.05, 0) is 37.8 Å². The van der Waals surface area contributed by atoms with Crippen molar-refractivity contribution in [1.82, 2.24) is 9.71 Å². The molecule has 1 aromatic carbocycles. The first-order valence-electron chi connectivity index (χ1n) is 9.93. The van der Waals surface area contributed by atoms with Crippen LogP contribution in [0.25, 0.3) is 0 Å². The highest BCUT2D eigenvalue weighted by Gasteiger charge is 2.18. The van der Waals surface area contributed by atoms with Crippen LogP contribution < -0.4 is 19.5 Å². The predicted octanol–water partition coefficient (Wildman–Crippen LogP) is 3.13. The van der Waals surface area contributed by atoms with E-state index < -0.39 is 10.0 Å². The summed E-state index contributed by atoms with van der Waals surface area (Å²) in [5.41, 5.74) is 1.09. The Morgan fingerprint density at radius 2 is 1.83 bits per heavy atom. The quantitative estimate of drug-likeness (QED) is 0.636. The largest absolute Gasteiger partial charge is 0.493 e. The lowest BCUT2D eigenvalue weighted by Crippen LogP contribution is -2.27. The fourth-order valence-corrected chi connectivity index (χ4v) is 5.42. The summed E-state index contributed by atoms with van der Waals surface area (Å²) in [7, 11) is -0.862. The summed E-state index contributed by atoms with van der Waals surface area (Å²) in [4.78, 5) is 18.1. The number of carbonyl (C=O) groups is 1. The van der Waals surface area contributed by atoms with Gasteiger partial charge in [0.15, 0.2) is 16.6 Å². The van der Waals surface area contributed by atoms with Crippen molar-refractivity contribution in [3.8, 4) is 11.5 Å². The highest BCUT2D eigenvalue weighted by atomic mass is 32.2. The summed E-state index contributed by atoms with van der Waals surface area (Å²) in [5, 5.41) is 3.39. The summed E-state index contributed by atoms with van der Waals surface area (Å²) in [6.45, 7) is -0.0202. The van der Waals surface area contributed by atoms with Crippen molar-refractivity contribution < 1.29 is 22.7 Å². The van der Waals surface area contributed by atoms with E-state index in [4.69, 9.17) is 9.47 Å². The zero-order valence-corrected chi connectivity index (χ0v) is 18.8. The lowest BCUT2D eigenvalue weighted by atomic mass is 10.0. The molecule has 1 aromatic heterocycles. The van der Waals surface area contributed by atoms with Gasteiger partial charge in [-0.15, -0.1) is 11.3 Å². The molecular formula is C20H27N3O5S2. The van der Waals surface area contributed by atoms with Crippen LogP contribution in [-0.4, -0.2) is 40.1 Å². The van der Waals surface area contributed by atoms with Gasteiger partial charge in [0.1, 0.15) is 0 Å². The number of hydrogen-bond donors (Lipinski definition) is 2. The van der Waals surface area contributed by atoms with Gasteiger partial charge in [0.25, 0.3) is 0 Å². The molecule has 0 radical (unpaired) electrons. The number of hydrogen-bond acceptors (Lipinski definition) is 7. The van der Waals surface area contributed by atoms with Gasteiger partial charge in [0, 0.05) is 23.9 Å². The third kappa shape index (κ3) is 5.71. The Bertz CT molecular complexity index is 963. The smallest absolute Gasteiger partial charge is 0.240 e. The molecule has 8 nitrogen and oxygen atoms in total. The number of fused-ring (bicyclic) bond motifs is 1. The average molecular weight is 454 g/mol. The van der Waals surface area contributed by atoms with Crippen LogP contribution in [0.1, 0.15) is 42.7 Å². The average Bonchev–Trinajstić information content (AvgIpc) is 3.07. The third-order valence-corrected chi connectivity index (χ3v) is 7.43. The molecule has 2 N–H and O–H groups in total. The molecule has 0 saturated carbocycles. The van der Waals surface area contributed by atoms with Crippen LogP contribution in [0.15, 0.2) is 23.1 Å². The monoisotopic (exact) mass is 453 g/mol. The number of thiazole rings is 1. The standard InChI is InChI=1S/C20H27N3O5S2/c1-27-16-10-9-14(13-17(16)28-2)30(25,26)21-12-11-19(24)23-20-22-15-7-5-3-4-6-8-18(15)29-20/h9-10,13,21H,3-8,11-12H2,1-2H3,(H,22,23,24). The van der Waals surface area contributed by atoms with Crippen molar-refractivity contribution in [2.75, 3.05) is 26.1 Å². The summed E-state index contributed by atoms with van der Waals surface area (Å²) in [6.07, 6.45) is 6.71. The van der Waals surface area contributed by atoms with Gasteiger partial charge in [-0.2, -0.15) is 0 Å². The van der Waals surface area contributed by atoms with Crippen molar-refractivity contribution in [2.24, 2.45) is 0 Å². The van der Waals surface area contributed by atoms with Gasteiger partial charge in [0.05, 0.1) is 24.8 Å². The van der Waals surface area contributed by atoms with E-state index in [2.05, 4.69) is 15.0 Å². The summed E-state index contributed by atoms with van der Waals surface area (Å²) < 4.78 is 37.7. The minimum atomic E-state index is -3.78. The molecule has 1 aliphatic rings. The Hall–Kier alpha value is -2.17. The lowest BCUT2D eigenvalue weighted by molar-refractivity contribution is -0.116. The van der Waals surface area contributed by atoms with Gasteiger partial charge in [-0.1, -0.05) is 12.8 Å². The van der Waals surface area contributed by atoms with Crippen molar-refractivity contribution in [3.63, 3.8) is 0 Å². The minimum absolute atomic E-state index is 0.0107. The molecule has 0 unspecified atom stereocenters. The van der Waals surface area contributed by atoms with Crippen LogP contribution in [0.4, 0.5) is 5.13 Å². The first-order valence-corrected chi connectivity index (χ1v) is 12.2. The first-order chi connectivity index (χ1) is 14.4. The van der Waals surface area contributed by atoms with Gasteiger partial charge >= 0.3 is 0 Å².